The van der Waals surface area contributed by atoms with Crippen molar-refractivity contribution in [3.63, 3.8) is 0 Å². The van der Waals surface area contributed by atoms with Crippen molar-refractivity contribution < 1.29 is 9.53 Å². The SMILES string of the molecule is C=CCOc1ccc(-c2ccc(-c3ccccc3)n2CC(=O)NC(=N)N)cc1. The first-order valence-corrected chi connectivity index (χ1v) is 8.81. The molecule has 2 aromatic carbocycles. The fraction of sp³-hybridized carbons (Fsp3) is 0.0909. The minimum Gasteiger partial charge on any atom is -0.490 e. The van der Waals surface area contributed by atoms with E-state index in [1.165, 1.54) is 0 Å². The smallest absolute Gasteiger partial charge is 0.246 e. The lowest BCUT2D eigenvalue weighted by atomic mass is 10.1. The molecule has 3 aromatic rings. The van der Waals surface area contributed by atoms with Crippen LogP contribution in [0.1, 0.15) is 0 Å². The quantitative estimate of drug-likeness (QED) is 0.336. The third-order valence-corrected chi connectivity index (χ3v) is 4.14. The minimum atomic E-state index is -0.372. The monoisotopic (exact) mass is 374 g/mol. The Hall–Kier alpha value is -3.80. The Morgan fingerprint density at radius 3 is 2.21 bits per heavy atom. The molecule has 0 aliphatic rings. The largest absolute Gasteiger partial charge is 0.490 e. The summed E-state index contributed by atoms with van der Waals surface area (Å²) >= 11 is 0. The first-order valence-electron chi connectivity index (χ1n) is 8.81. The van der Waals surface area contributed by atoms with Gasteiger partial charge in [0.05, 0.1) is 0 Å². The van der Waals surface area contributed by atoms with E-state index in [0.717, 1.165) is 28.3 Å². The van der Waals surface area contributed by atoms with Crippen LogP contribution in [0.5, 0.6) is 5.75 Å². The van der Waals surface area contributed by atoms with Gasteiger partial charge in [0.15, 0.2) is 5.96 Å². The molecule has 1 amide bonds. The first kappa shape index (κ1) is 19.0. The summed E-state index contributed by atoms with van der Waals surface area (Å²) in [5.41, 5.74) is 9.03. The Morgan fingerprint density at radius 1 is 1.04 bits per heavy atom. The molecule has 0 aliphatic carbocycles. The van der Waals surface area contributed by atoms with Crippen molar-refractivity contribution in [2.75, 3.05) is 6.61 Å². The average Bonchev–Trinajstić information content (AvgIpc) is 3.10. The standard InChI is InChI=1S/C22H22N4O2/c1-2-14-28-18-10-8-17(9-11-18)20-13-12-19(16-6-4-3-5-7-16)26(20)15-21(27)25-22(23)24/h2-13H,1,14-15H2,(H4,23,24,25,27). The van der Waals surface area contributed by atoms with Gasteiger partial charge in [-0.2, -0.15) is 0 Å². The van der Waals surface area contributed by atoms with E-state index in [1.54, 1.807) is 6.08 Å². The van der Waals surface area contributed by atoms with Crippen LogP contribution in [0, 0.1) is 5.41 Å². The highest BCUT2D eigenvalue weighted by Gasteiger charge is 2.15. The topological polar surface area (TPSA) is 93.1 Å². The molecule has 0 bridgehead atoms. The van der Waals surface area contributed by atoms with Gasteiger partial charge < -0.3 is 15.0 Å². The molecule has 0 saturated carbocycles. The summed E-state index contributed by atoms with van der Waals surface area (Å²) in [7, 11) is 0. The second-order valence-electron chi connectivity index (χ2n) is 6.14. The van der Waals surface area contributed by atoms with Crippen LogP contribution in [-0.4, -0.2) is 23.0 Å². The van der Waals surface area contributed by atoms with Crippen LogP contribution in [-0.2, 0) is 11.3 Å². The Balaban J connectivity index is 1.98. The van der Waals surface area contributed by atoms with Crippen LogP contribution in [0.4, 0.5) is 0 Å². The van der Waals surface area contributed by atoms with E-state index in [2.05, 4.69) is 11.9 Å². The molecule has 28 heavy (non-hydrogen) atoms. The van der Waals surface area contributed by atoms with Gasteiger partial charge in [0, 0.05) is 11.4 Å². The average molecular weight is 374 g/mol. The van der Waals surface area contributed by atoms with Crippen LogP contribution in [0.25, 0.3) is 22.5 Å². The normalized spacial score (nSPS) is 10.3. The third kappa shape index (κ3) is 4.48. The van der Waals surface area contributed by atoms with Gasteiger partial charge >= 0.3 is 0 Å². The maximum atomic E-state index is 12.3. The number of nitrogens with zero attached hydrogens (tertiary/aromatic N) is 1. The Kier molecular flexibility index (Phi) is 5.91. The highest BCUT2D eigenvalue weighted by Crippen LogP contribution is 2.30. The number of carbonyl (C=O) groups excluding carboxylic acids is 1. The molecule has 6 heteroatoms. The second kappa shape index (κ2) is 8.73. The molecule has 3 rings (SSSR count). The lowest BCUT2D eigenvalue weighted by molar-refractivity contribution is -0.120. The lowest BCUT2D eigenvalue weighted by Gasteiger charge is -2.14. The van der Waals surface area contributed by atoms with E-state index in [1.807, 2.05) is 71.3 Å². The van der Waals surface area contributed by atoms with Crippen molar-refractivity contribution in [1.82, 2.24) is 9.88 Å². The summed E-state index contributed by atoms with van der Waals surface area (Å²) in [5, 5.41) is 9.63. The predicted molar refractivity (Wildman–Crippen MR) is 111 cm³/mol. The summed E-state index contributed by atoms with van der Waals surface area (Å²) in [5.74, 6) is 0.0242. The number of hydrogen-bond donors (Lipinski definition) is 3. The molecule has 0 radical (unpaired) electrons. The number of benzene rings is 2. The van der Waals surface area contributed by atoms with E-state index in [4.69, 9.17) is 15.9 Å². The van der Waals surface area contributed by atoms with Crippen molar-refractivity contribution in [2.45, 2.75) is 6.54 Å². The molecule has 1 aromatic heterocycles. The molecule has 0 atom stereocenters. The molecule has 6 nitrogen and oxygen atoms in total. The summed E-state index contributed by atoms with van der Waals surface area (Å²) in [6, 6.07) is 21.4. The van der Waals surface area contributed by atoms with Gasteiger partial charge in [-0.25, -0.2) is 0 Å². The second-order valence-corrected chi connectivity index (χ2v) is 6.14. The zero-order valence-corrected chi connectivity index (χ0v) is 15.4. The van der Waals surface area contributed by atoms with Crippen LogP contribution < -0.4 is 15.8 Å². The molecular weight excluding hydrogens is 352 g/mol. The first-order chi connectivity index (χ1) is 13.6. The molecule has 4 N–H and O–H groups in total. The van der Waals surface area contributed by atoms with Crippen molar-refractivity contribution in [3.8, 4) is 28.3 Å². The number of hydrogen-bond acceptors (Lipinski definition) is 3. The molecule has 0 saturated heterocycles. The molecule has 0 unspecified atom stereocenters. The number of ether oxygens (including phenoxy) is 1. The van der Waals surface area contributed by atoms with Gasteiger partial charge in [0.1, 0.15) is 18.9 Å². The van der Waals surface area contributed by atoms with E-state index in [-0.39, 0.29) is 18.4 Å². The number of rotatable bonds is 7. The highest BCUT2D eigenvalue weighted by molar-refractivity contribution is 5.95. The molecule has 0 fully saturated rings. The zero-order chi connectivity index (χ0) is 19.9. The molecular formula is C22H22N4O2. The highest BCUT2D eigenvalue weighted by atomic mass is 16.5. The van der Waals surface area contributed by atoms with Crippen LogP contribution in [0.3, 0.4) is 0 Å². The molecule has 1 heterocycles. The van der Waals surface area contributed by atoms with Gasteiger partial charge in [0.25, 0.3) is 0 Å². The fourth-order valence-corrected chi connectivity index (χ4v) is 2.96. The molecule has 0 aliphatic heterocycles. The Morgan fingerprint density at radius 2 is 1.64 bits per heavy atom. The number of guanidine groups is 1. The maximum Gasteiger partial charge on any atom is 0.246 e. The van der Waals surface area contributed by atoms with Crippen molar-refractivity contribution in [1.29, 1.82) is 5.41 Å². The summed E-state index contributed by atoms with van der Waals surface area (Å²) < 4.78 is 7.44. The lowest BCUT2D eigenvalue weighted by Crippen LogP contribution is -2.37. The van der Waals surface area contributed by atoms with E-state index in [0.29, 0.717) is 6.61 Å². The van der Waals surface area contributed by atoms with Crippen molar-refractivity contribution in [2.24, 2.45) is 5.73 Å². The zero-order valence-electron chi connectivity index (χ0n) is 15.4. The number of nitrogens with one attached hydrogen (secondary N) is 2. The van der Waals surface area contributed by atoms with Crippen LogP contribution >= 0.6 is 0 Å². The van der Waals surface area contributed by atoms with E-state index < -0.39 is 0 Å². The van der Waals surface area contributed by atoms with Crippen LogP contribution in [0.2, 0.25) is 0 Å². The van der Waals surface area contributed by atoms with Gasteiger partial charge in [0.2, 0.25) is 5.91 Å². The Labute approximate surface area is 163 Å². The van der Waals surface area contributed by atoms with E-state index >= 15 is 0 Å². The number of nitrogens with two attached hydrogens (primary N) is 1. The van der Waals surface area contributed by atoms with Gasteiger partial charge in [-0.1, -0.05) is 43.0 Å². The summed E-state index contributed by atoms with van der Waals surface area (Å²) in [6.07, 6.45) is 1.69. The Bertz CT molecular complexity index is 976. The number of carbonyl (C=O) groups is 1. The minimum absolute atomic E-state index is 0.0425. The van der Waals surface area contributed by atoms with Gasteiger partial charge in [-0.15, -0.1) is 0 Å². The fourth-order valence-electron chi connectivity index (χ4n) is 2.96. The third-order valence-electron chi connectivity index (χ3n) is 4.14. The van der Waals surface area contributed by atoms with Crippen LogP contribution in [0.15, 0.2) is 79.4 Å². The van der Waals surface area contributed by atoms with Gasteiger partial charge in [-0.3, -0.25) is 15.5 Å². The number of amides is 1. The summed E-state index contributed by atoms with van der Waals surface area (Å²) in [4.78, 5) is 12.3. The van der Waals surface area contributed by atoms with Crippen molar-refractivity contribution in [3.05, 3.63) is 79.4 Å². The van der Waals surface area contributed by atoms with Gasteiger partial charge in [-0.05, 0) is 47.5 Å². The van der Waals surface area contributed by atoms with E-state index in [9.17, 15) is 4.79 Å². The maximum absolute atomic E-state index is 12.3. The molecule has 142 valence electrons. The predicted octanol–water partition coefficient (Wildman–Crippen LogP) is 3.40. The molecule has 0 spiro atoms. The number of aromatic nitrogens is 1. The van der Waals surface area contributed by atoms with Crippen molar-refractivity contribution >= 4 is 11.9 Å². The summed E-state index contributed by atoms with van der Waals surface area (Å²) in [6.45, 7) is 4.13.